The third kappa shape index (κ3) is 3.70. The maximum Gasteiger partial charge on any atom is 0.311 e. The van der Waals surface area contributed by atoms with Crippen LogP contribution in [0, 0.1) is 11.2 Å². The second-order valence-corrected chi connectivity index (χ2v) is 6.40. The number of aliphatic carboxylic acids is 1. The maximum absolute atomic E-state index is 13.4. The molecule has 0 bridgehead atoms. The third-order valence-corrected chi connectivity index (χ3v) is 3.27. The highest BCUT2D eigenvalue weighted by Crippen LogP contribution is 2.37. The Bertz CT molecular complexity index is 469. The summed E-state index contributed by atoms with van der Waals surface area (Å²) in [5.74, 6) is -2.29. The number of hydrogen-bond acceptors (Lipinski definition) is 2. The fraction of sp³-hybridized carbons (Fsp3) is 0.462. The van der Waals surface area contributed by atoms with Crippen LogP contribution in [0.25, 0.3) is 0 Å². The summed E-state index contributed by atoms with van der Waals surface area (Å²) < 4.78 is 13.8. The first-order valence-electron chi connectivity index (χ1n) is 5.59. The Morgan fingerprint density at radius 2 is 2.06 bits per heavy atom. The SMILES string of the molecule is CC(C)(C)CC(C(=O)O)c1cc(F)cc(Br)c1N. The standard InChI is InChI=1S/C13H17BrFNO2/c1-13(2,3)6-9(12(17)18)8-4-7(15)5-10(14)11(8)16/h4-5,9H,6,16H2,1-3H3,(H,17,18). The van der Waals surface area contributed by atoms with Crippen LogP contribution in [0.1, 0.15) is 38.7 Å². The van der Waals surface area contributed by atoms with Crippen LogP contribution >= 0.6 is 15.9 Å². The van der Waals surface area contributed by atoms with Crippen LogP contribution < -0.4 is 5.73 Å². The van der Waals surface area contributed by atoms with Gasteiger partial charge in [-0.15, -0.1) is 0 Å². The highest BCUT2D eigenvalue weighted by Gasteiger charge is 2.28. The van der Waals surface area contributed by atoms with Crippen molar-refractivity contribution in [2.45, 2.75) is 33.1 Å². The monoisotopic (exact) mass is 317 g/mol. The fourth-order valence-corrected chi connectivity index (χ4v) is 2.28. The molecule has 0 fully saturated rings. The summed E-state index contributed by atoms with van der Waals surface area (Å²) in [6.07, 6.45) is 0.391. The molecule has 1 aromatic rings. The van der Waals surface area contributed by atoms with E-state index in [2.05, 4.69) is 15.9 Å². The van der Waals surface area contributed by atoms with Crippen molar-refractivity contribution in [2.75, 3.05) is 5.73 Å². The minimum Gasteiger partial charge on any atom is -0.481 e. The molecule has 1 atom stereocenters. The predicted octanol–water partition coefficient (Wildman–Crippen LogP) is 3.77. The number of halogens is 2. The minimum atomic E-state index is -0.992. The normalized spacial score (nSPS) is 13.4. The molecule has 0 radical (unpaired) electrons. The molecule has 3 N–H and O–H groups in total. The maximum atomic E-state index is 13.4. The zero-order chi connectivity index (χ0) is 14.1. The fourth-order valence-electron chi connectivity index (χ4n) is 1.84. The molecule has 3 nitrogen and oxygen atoms in total. The number of carboxylic acid groups (broad SMARTS) is 1. The topological polar surface area (TPSA) is 63.3 Å². The molecule has 0 amide bonds. The molecule has 0 aliphatic rings. The van der Waals surface area contributed by atoms with E-state index < -0.39 is 17.7 Å². The van der Waals surface area contributed by atoms with Crippen molar-refractivity contribution in [3.05, 3.63) is 28.0 Å². The van der Waals surface area contributed by atoms with Gasteiger partial charge < -0.3 is 10.8 Å². The molecule has 0 aliphatic heterocycles. The first-order valence-corrected chi connectivity index (χ1v) is 6.38. The lowest BCUT2D eigenvalue weighted by Gasteiger charge is -2.24. The van der Waals surface area contributed by atoms with E-state index in [9.17, 15) is 14.3 Å². The van der Waals surface area contributed by atoms with E-state index in [1.54, 1.807) is 0 Å². The molecule has 0 aliphatic carbocycles. The van der Waals surface area contributed by atoms with Crippen molar-refractivity contribution in [3.63, 3.8) is 0 Å². The van der Waals surface area contributed by atoms with Gasteiger partial charge in [0.15, 0.2) is 0 Å². The van der Waals surface area contributed by atoms with Crippen LogP contribution in [0.15, 0.2) is 16.6 Å². The van der Waals surface area contributed by atoms with Gasteiger partial charge in [-0.25, -0.2) is 4.39 Å². The van der Waals surface area contributed by atoms with E-state index in [0.29, 0.717) is 16.5 Å². The number of benzene rings is 1. The largest absolute Gasteiger partial charge is 0.481 e. The molecule has 1 rings (SSSR count). The quantitative estimate of drug-likeness (QED) is 0.834. The number of hydrogen-bond donors (Lipinski definition) is 2. The van der Waals surface area contributed by atoms with Crippen LogP contribution in [0.2, 0.25) is 0 Å². The summed E-state index contributed by atoms with van der Waals surface area (Å²) in [6.45, 7) is 5.81. The van der Waals surface area contributed by atoms with Crippen molar-refractivity contribution < 1.29 is 14.3 Å². The van der Waals surface area contributed by atoms with Gasteiger partial charge in [-0.2, -0.15) is 0 Å². The van der Waals surface area contributed by atoms with Gasteiger partial charge in [0.05, 0.1) is 11.6 Å². The number of rotatable bonds is 3. The van der Waals surface area contributed by atoms with E-state index in [1.807, 2.05) is 20.8 Å². The Balaban J connectivity index is 3.26. The van der Waals surface area contributed by atoms with Crippen molar-refractivity contribution in [2.24, 2.45) is 5.41 Å². The first kappa shape index (κ1) is 15.0. The van der Waals surface area contributed by atoms with Crippen molar-refractivity contribution in [1.29, 1.82) is 0 Å². The lowest BCUT2D eigenvalue weighted by molar-refractivity contribution is -0.139. The molecular formula is C13H17BrFNO2. The van der Waals surface area contributed by atoms with Gasteiger partial charge >= 0.3 is 5.97 Å². The number of nitrogen functional groups attached to an aromatic ring is 1. The predicted molar refractivity (Wildman–Crippen MR) is 73.0 cm³/mol. The smallest absolute Gasteiger partial charge is 0.311 e. The summed E-state index contributed by atoms with van der Waals surface area (Å²) in [6, 6.07) is 2.43. The number of carboxylic acids is 1. The molecule has 5 heteroatoms. The minimum absolute atomic E-state index is 0.186. The van der Waals surface area contributed by atoms with Gasteiger partial charge in [-0.05, 0) is 45.5 Å². The van der Waals surface area contributed by atoms with E-state index in [-0.39, 0.29) is 11.1 Å². The van der Waals surface area contributed by atoms with E-state index in [4.69, 9.17) is 5.73 Å². The van der Waals surface area contributed by atoms with Gasteiger partial charge in [0.1, 0.15) is 5.82 Å². The average Bonchev–Trinajstić information content (AvgIpc) is 2.18. The molecule has 1 unspecified atom stereocenters. The van der Waals surface area contributed by atoms with Crippen LogP contribution in [0.3, 0.4) is 0 Å². The van der Waals surface area contributed by atoms with Crippen molar-refractivity contribution in [1.82, 2.24) is 0 Å². The van der Waals surface area contributed by atoms with E-state index in [0.717, 1.165) is 0 Å². The summed E-state index contributed by atoms with van der Waals surface area (Å²) in [4.78, 5) is 11.4. The van der Waals surface area contributed by atoms with Crippen molar-refractivity contribution in [3.8, 4) is 0 Å². The zero-order valence-electron chi connectivity index (χ0n) is 10.6. The molecular weight excluding hydrogens is 301 g/mol. The third-order valence-electron chi connectivity index (χ3n) is 2.62. The summed E-state index contributed by atoms with van der Waals surface area (Å²) in [5.41, 5.74) is 6.25. The Morgan fingerprint density at radius 3 is 2.50 bits per heavy atom. The van der Waals surface area contributed by atoms with Crippen LogP contribution in [0.5, 0.6) is 0 Å². The Morgan fingerprint density at radius 1 is 1.50 bits per heavy atom. The van der Waals surface area contributed by atoms with Gasteiger partial charge in [0.2, 0.25) is 0 Å². The van der Waals surface area contributed by atoms with Crippen molar-refractivity contribution >= 4 is 27.6 Å². The molecule has 0 aromatic heterocycles. The molecule has 0 saturated carbocycles. The Labute approximate surface area is 114 Å². The molecule has 0 spiro atoms. The Kier molecular flexibility index (Phi) is 4.37. The lowest BCUT2D eigenvalue weighted by atomic mass is 9.81. The van der Waals surface area contributed by atoms with E-state index >= 15 is 0 Å². The van der Waals surface area contributed by atoms with Crippen LogP contribution in [-0.4, -0.2) is 11.1 Å². The first-order chi connectivity index (χ1) is 8.11. The number of anilines is 1. The van der Waals surface area contributed by atoms with Gasteiger partial charge in [0, 0.05) is 4.47 Å². The van der Waals surface area contributed by atoms with Gasteiger partial charge in [0.25, 0.3) is 0 Å². The summed E-state index contributed by atoms with van der Waals surface area (Å²) in [5, 5.41) is 9.30. The molecule has 18 heavy (non-hydrogen) atoms. The highest BCUT2D eigenvalue weighted by atomic mass is 79.9. The second-order valence-electron chi connectivity index (χ2n) is 5.55. The number of carbonyl (C=O) groups is 1. The summed E-state index contributed by atoms with van der Waals surface area (Å²) in [7, 11) is 0. The number of nitrogens with two attached hydrogens (primary N) is 1. The van der Waals surface area contributed by atoms with Gasteiger partial charge in [-0.3, -0.25) is 4.79 Å². The molecule has 0 saturated heterocycles. The van der Waals surface area contributed by atoms with Crippen LogP contribution in [-0.2, 0) is 4.79 Å². The lowest BCUT2D eigenvalue weighted by Crippen LogP contribution is -2.20. The zero-order valence-corrected chi connectivity index (χ0v) is 12.2. The second kappa shape index (κ2) is 5.26. The van der Waals surface area contributed by atoms with Gasteiger partial charge in [-0.1, -0.05) is 20.8 Å². The Hall–Kier alpha value is -1.10. The molecule has 1 aromatic carbocycles. The molecule has 100 valence electrons. The average molecular weight is 318 g/mol. The summed E-state index contributed by atoms with van der Waals surface area (Å²) >= 11 is 3.14. The molecule has 0 heterocycles. The van der Waals surface area contributed by atoms with E-state index in [1.165, 1.54) is 12.1 Å². The highest BCUT2D eigenvalue weighted by molar-refractivity contribution is 9.10. The van der Waals surface area contributed by atoms with Crippen LogP contribution in [0.4, 0.5) is 10.1 Å².